The lowest BCUT2D eigenvalue weighted by Crippen LogP contribution is -2.43. The molecule has 0 radical (unpaired) electrons. The Morgan fingerprint density at radius 1 is 0.980 bits per heavy atom. The Hall–Kier alpha value is -4.74. The molecule has 1 aliphatic carbocycles. The molecule has 4 aliphatic rings. The van der Waals surface area contributed by atoms with Gasteiger partial charge in [0.25, 0.3) is 10.0 Å². The fourth-order valence-electron chi connectivity index (χ4n) is 8.30. The molecule has 0 spiro atoms. The van der Waals surface area contributed by atoms with Crippen molar-refractivity contribution in [2.24, 2.45) is 0 Å². The second kappa shape index (κ2) is 12.2. The minimum atomic E-state index is -3.76. The Kier molecular flexibility index (Phi) is 7.70. The molecule has 3 aromatic heterocycles. The van der Waals surface area contributed by atoms with Crippen LogP contribution >= 0.6 is 0 Å². The highest BCUT2D eigenvalue weighted by Gasteiger charge is 2.45. The van der Waals surface area contributed by atoms with Gasteiger partial charge >= 0.3 is 6.01 Å². The number of benzene rings is 2. The largest absolute Gasteiger partial charge is 0.461 e. The van der Waals surface area contributed by atoms with Crippen LogP contribution < -0.4 is 9.64 Å². The Morgan fingerprint density at radius 2 is 1.76 bits per heavy atom. The molecule has 5 aromatic rings. The van der Waals surface area contributed by atoms with Crippen molar-refractivity contribution in [3.05, 3.63) is 65.9 Å². The van der Waals surface area contributed by atoms with Crippen LogP contribution in [0, 0.1) is 24.0 Å². The number of nitrogens with zero attached hydrogens (tertiary/aromatic N) is 8. The average molecular weight is 711 g/mol. The van der Waals surface area contributed by atoms with Gasteiger partial charge in [-0.25, -0.2) is 22.2 Å². The number of pyridine rings is 1. The molecule has 11 nitrogen and oxygen atoms in total. The lowest BCUT2D eigenvalue weighted by atomic mass is 9.95. The van der Waals surface area contributed by atoms with Crippen LogP contribution in [-0.2, 0) is 10.0 Å². The van der Waals surface area contributed by atoms with Crippen molar-refractivity contribution in [3.8, 4) is 29.6 Å². The summed E-state index contributed by atoms with van der Waals surface area (Å²) in [5, 5.41) is 5.02. The van der Waals surface area contributed by atoms with Gasteiger partial charge in [-0.05, 0) is 75.9 Å². The molecular weight excluding hydrogens is 675 g/mol. The van der Waals surface area contributed by atoms with Gasteiger partial charge in [-0.1, -0.05) is 30.2 Å². The monoisotopic (exact) mass is 710 g/mol. The zero-order valence-corrected chi connectivity index (χ0v) is 28.7. The van der Waals surface area contributed by atoms with E-state index >= 15 is 4.39 Å². The molecule has 3 aliphatic heterocycles. The van der Waals surface area contributed by atoms with Gasteiger partial charge in [0, 0.05) is 36.2 Å². The predicted octanol–water partition coefficient (Wildman–Crippen LogP) is 5.43. The van der Waals surface area contributed by atoms with E-state index in [0.29, 0.717) is 65.9 Å². The number of aromatic nitrogens is 6. The first-order chi connectivity index (χ1) is 24.8. The summed E-state index contributed by atoms with van der Waals surface area (Å²) in [5.41, 5.74) is 0.267. The van der Waals surface area contributed by atoms with Crippen LogP contribution in [0.1, 0.15) is 68.7 Å². The molecule has 6 heterocycles. The van der Waals surface area contributed by atoms with E-state index in [1.165, 1.54) is 18.6 Å². The van der Waals surface area contributed by atoms with Gasteiger partial charge in [0.15, 0.2) is 11.6 Å². The van der Waals surface area contributed by atoms with E-state index in [2.05, 4.69) is 30.9 Å². The molecule has 2 aromatic carbocycles. The standard InChI is InChI=1S/C37H36F2N8O3S/c1-2-26-29(38)11-10-23-6-3-7-27(30(23)26)32-31(39)33-28(20-40-32)35(43-36(42-33)50-21-37-14-4-16-46(37)17-5-15-37)45-18-12-25(13-19-45)51(48,49)47-22-41-34(44-47)24-8-9-24/h1,3,6-7,10-11,20,22,24-25H,4-5,8-9,12-19,21H2. The van der Waals surface area contributed by atoms with E-state index in [9.17, 15) is 12.8 Å². The SMILES string of the molecule is C#Cc1c(F)ccc2cccc(-c3ncc4c(N5CCC(S(=O)(=O)n6cnc(C7CC7)n6)CC5)nc(OCC56CCCN5CCC6)nc4c3F)c12. The van der Waals surface area contributed by atoms with E-state index in [0.717, 1.165) is 55.7 Å². The molecule has 0 atom stereocenters. The molecule has 0 N–H and O–H groups in total. The van der Waals surface area contributed by atoms with E-state index < -0.39 is 26.9 Å². The van der Waals surface area contributed by atoms with E-state index in [-0.39, 0.29) is 34.2 Å². The van der Waals surface area contributed by atoms with Crippen LogP contribution in [0.2, 0.25) is 0 Å². The minimum absolute atomic E-state index is 0.00725. The highest BCUT2D eigenvalue weighted by molar-refractivity contribution is 7.90. The van der Waals surface area contributed by atoms with Crippen molar-refractivity contribution >= 4 is 37.5 Å². The van der Waals surface area contributed by atoms with Crippen molar-refractivity contribution < 1.29 is 21.9 Å². The van der Waals surface area contributed by atoms with Crippen molar-refractivity contribution in [1.29, 1.82) is 0 Å². The summed E-state index contributed by atoms with van der Waals surface area (Å²) in [6, 6.07) is 8.15. The van der Waals surface area contributed by atoms with Gasteiger partial charge in [-0.3, -0.25) is 9.88 Å². The smallest absolute Gasteiger partial charge is 0.319 e. The summed E-state index contributed by atoms with van der Waals surface area (Å²) in [5.74, 6) is 2.37. The van der Waals surface area contributed by atoms with Gasteiger partial charge in [-0.15, -0.1) is 15.6 Å². The van der Waals surface area contributed by atoms with Gasteiger partial charge in [0.2, 0.25) is 0 Å². The average Bonchev–Trinajstić information content (AvgIpc) is 3.52. The van der Waals surface area contributed by atoms with Crippen LogP contribution in [-0.4, -0.2) is 86.0 Å². The zero-order valence-electron chi connectivity index (χ0n) is 27.9. The maximum atomic E-state index is 16.9. The highest BCUT2D eigenvalue weighted by Crippen LogP contribution is 2.41. The Morgan fingerprint density at radius 3 is 2.51 bits per heavy atom. The fourth-order valence-corrected chi connectivity index (χ4v) is 9.79. The Labute approximate surface area is 294 Å². The summed E-state index contributed by atoms with van der Waals surface area (Å²) in [7, 11) is -3.76. The van der Waals surface area contributed by atoms with Crippen LogP contribution in [0.15, 0.2) is 42.9 Å². The first-order valence-corrected chi connectivity index (χ1v) is 19.1. The number of hydrogen-bond donors (Lipinski definition) is 0. The summed E-state index contributed by atoms with van der Waals surface area (Å²) in [4.78, 5) is 22.6. The first-order valence-electron chi connectivity index (χ1n) is 17.6. The summed E-state index contributed by atoms with van der Waals surface area (Å²) < 4.78 is 66.2. The van der Waals surface area contributed by atoms with Crippen LogP contribution in [0.5, 0.6) is 6.01 Å². The summed E-state index contributed by atoms with van der Waals surface area (Å²) in [6.07, 6.45) is 15.3. The maximum absolute atomic E-state index is 16.9. The molecule has 51 heavy (non-hydrogen) atoms. The van der Waals surface area contributed by atoms with E-state index in [1.807, 2.05) is 4.90 Å². The number of hydrogen-bond acceptors (Lipinski definition) is 10. The Balaban J connectivity index is 1.09. The van der Waals surface area contributed by atoms with Crippen LogP contribution in [0.3, 0.4) is 0 Å². The number of rotatable bonds is 8. The molecule has 0 amide bonds. The number of halogens is 2. The van der Waals surface area contributed by atoms with Crippen LogP contribution in [0.25, 0.3) is 32.9 Å². The van der Waals surface area contributed by atoms with Crippen LogP contribution in [0.4, 0.5) is 14.6 Å². The van der Waals surface area contributed by atoms with Crippen molar-refractivity contribution in [2.45, 2.75) is 68.1 Å². The van der Waals surface area contributed by atoms with E-state index in [1.54, 1.807) is 24.3 Å². The van der Waals surface area contributed by atoms with Crippen molar-refractivity contribution in [3.63, 3.8) is 0 Å². The molecule has 0 unspecified atom stereocenters. The molecule has 3 saturated heterocycles. The molecule has 262 valence electrons. The third-order valence-electron chi connectivity index (χ3n) is 11.2. The molecule has 14 heteroatoms. The molecule has 0 bridgehead atoms. The first kappa shape index (κ1) is 32.2. The summed E-state index contributed by atoms with van der Waals surface area (Å²) >= 11 is 0. The number of piperidine rings is 1. The number of terminal acetylenes is 1. The third kappa shape index (κ3) is 5.40. The lowest BCUT2D eigenvalue weighted by molar-refractivity contribution is 0.108. The number of ether oxygens (including phenoxy) is 1. The van der Waals surface area contributed by atoms with Gasteiger partial charge in [0.05, 0.1) is 21.7 Å². The lowest BCUT2D eigenvalue weighted by Gasteiger charge is -2.33. The predicted molar refractivity (Wildman–Crippen MR) is 188 cm³/mol. The number of fused-ring (bicyclic) bond motifs is 3. The Bertz CT molecular complexity index is 2340. The van der Waals surface area contributed by atoms with Gasteiger partial charge < -0.3 is 9.64 Å². The third-order valence-corrected chi connectivity index (χ3v) is 13.2. The minimum Gasteiger partial charge on any atom is -0.461 e. The quantitative estimate of drug-likeness (QED) is 0.193. The molecule has 4 fully saturated rings. The van der Waals surface area contributed by atoms with Gasteiger partial charge in [0.1, 0.15) is 35.8 Å². The summed E-state index contributed by atoms with van der Waals surface area (Å²) in [6.45, 7) is 3.11. The zero-order chi connectivity index (χ0) is 34.9. The fraction of sp³-hybridized carbons (Fsp3) is 0.432. The molecular formula is C37H36F2N8O3S. The molecule has 1 saturated carbocycles. The van der Waals surface area contributed by atoms with E-state index in [4.69, 9.17) is 16.1 Å². The topological polar surface area (TPSA) is 119 Å². The van der Waals surface area contributed by atoms with Crippen molar-refractivity contribution in [2.75, 3.05) is 37.7 Å². The molecule has 9 rings (SSSR count). The van der Waals surface area contributed by atoms with Gasteiger partial charge in [-0.2, -0.15) is 9.97 Å². The maximum Gasteiger partial charge on any atom is 0.319 e. The second-order valence-electron chi connectivity index (χ2n) is 14.2. The number of anilines is 1. The highest BCUT2D eigenvalue weighted by atomic mass is 32.2. The van der Waals surface area contributed by atoms with Crippen molar-refractivity contribution in [1.82, 2.24) is 34.0 Å². The second-order valence-corrected chi connectivity index (χ2v) is 16.2. The normalized spacial score (nSPS) is 19.5.